The smallest absolute Gasteiger partial charge is 0.225 e. The lowest BCUT2D eigenvalue weighted by Gasteiger charge is -2.09. The van der Waals surface area contributed by atoms with Gasteiger partial charge in [0.15, 0.2) is 0 Å². The van der Waals surface area contributed by atoms with Crippen molar-refractivity contribution in [3.63, 3.8) is 0 Å². The van der Waals surface area contributed by atoms with Gasteiger partial charge in [-0.2, -0.15) is 4.98 Å². The zero-order chi connectivity index (χ0) is 15.6. The average molecular weight is 308 g/mol. The van der Waals surface area contributed by atoms with Gasteiger partial charge in [-0.3, -0.25) is 9.98 Å². The van der Waals surface area contributed by atoms with Gasteiger partial charge in [-0.15, -0.1) is 0 Å². The quantitative estimate of drug-likeness (QED) is 0.877. The lowest BCUT2D eigenvalue weighted by Crippen LogP contribution is -2.12. The molecule has 2 aliphatic heterocycles. The summed E-state index contributed by atoms with van der Waals surface area (Å²) < 4.78 is 0. The minimum atomic E-state index is 0.630. The summed E-state index contributed by atoms with van der Waals surface area (Å²) in [5, 5.41) is 6.57. The zero-order valence-electron chi connectivity index (χ0n) is 13.2. The highest BCUT2D eigenvalue weighted by Gasteiger charge is 2.27. The van der Waals surface area contributed by atoms with E-state index < -0.39 is 0 Å². The van der Waals surface area contributed by atoms with Crippen LogP contribution < -0.4 is 10.6 Å². The van der Waals surface area contributed by atoms with Crippen LogP contribution in [0.5, 0.6) is 0 Å². The lowest BCUT2D eigenvalue weighted by molar-refractivity contribution is 0.959. The first-order valence-corrected chi connectivity index (χ1v) is 8.07. The summed E-state index contributed by atoms with van der Waals surface area (Å²) in [5.41, 5.74) is 3.61. The van der Waals surface area contributed by atoms with Gasteiger partial charge < -0.3 is 10.6 Å². The fourth-order valence-corrected chi connectivity index (χ4v) is 2.75. The molecule has 6 heteroatoms. The predicted molar refractivity (Wildman–Crippen MR) is 93.2 cm³/mol. The maximum Gasteiger partial charge on any atom is 0.225 e. The monoisotopic (exact) mass is 308 g/mol. The normalized spacial score (nSPS) is 19.4. The van der Waals surface area contributed by atoms with Crippen LogP contribution in [0.4, 0.5) is 11.8 Å². The van der Waals surface area contributed by atoms with E-state index in [4.69, 9.17) is 0 Å². The fraction of sp³-hybridized carbons (Fsp3) is 0.412. The van der Waals surface area contributed by atoms with E-state index in [1.807, 2.05) is 25.4 Å². The maximum absolute atomic E-state index is 4.55. The van der Waals surface area contributed by atoms with Gasteiger partial charge in [-0.1, -0.05) is 0 Å². The second-order valence-corrected chi connectivity index (χ2v) is 6.21. The van der Waals surface area contributed by atoms with Crippen molar-refractivity contribution in [2.24, 2.45) is 15.9 Å². The van der Waals surface area contributed by atoms with Crippen LogP contribution in [0.3, 0.4) is 0 Å². The number of aromatic nitrogens is 2. The van der Waals surface area contributed by atoms with Crippen molar-refractivity contribution < 1.29 is 0 Å². The largest absolute Gasteiger partial charge is 0.350 e. The SMILES string of the molecule is Cc1cc(NC2=NCC(C3CC3)=C2)nc(NCC2=CN=CC2)n1. The number of aryl methyl sites for hydroxylation is 1. The van der Waals surface area contributed by atoms with Crippen LogP contribution >= 0.6 is 0 Å². The van der Waals surface area contributed by atoms with Crippen molar-refractivity contribution in [3.8, 4) is 0 Å². The predicted octanol–water partition coefficient (Wildman–Crippen LogP) is 2.72. The highest BCUT2D eigenvalue weighted by atomic mass is 15.2. The number of anilines is 2. The van der Waals surface area contributed by atoms with Crippen molar-refractivity contribution in [1.29, 1.82) is 0 Å². The van der Waals surface area contributed by atoms with E-state index in [0.29, 0.717) is 5.95 Å². The Hall–Kier alpha value is -2.50. The minimum absolute atomic E-state index is 0.630. The molecule has 2 N–H and O–H groups in total. The molecule has 6 nitrogen and oxygen atoms in total. The number of hydrogen-bond acceptors (Lipinski definition) is 6. The van der Waals surface area contributed by atoms with E-state index in [2.05, 4.69) is 36.7 Å². The first kappa shape index (κ1) is 14.1. The molecule has 3 heterocycles. The van der Waals surface area contributed by atoms with Gasteiger partial charge in [-0.05, 0) is 42.9 Å². The van der Waals surface area contributed by atoms with Crippen LogP contribution in [-0.4, -0.2) is 35.1 Å². The molecule has 0 radical (unpaired) electrons. The topological polar surface area (TPSA) is 74.6 Å². The Morgan fingerprint density at radius 1 is 1.26 bits per heavy atom. The summed E-state index contributed by atoms with van der Waals surface area (Å²) in [6, 6.07) is 1.94. The van der Waals surface area contributed by atoms with Crippen molar-refractivity contribution in [3.05, 3.63) is 35.2 Å². The number of nitrogens with one attached hydrogen (secondary N) is 2. The third-order valence-electron chi connectivity index (χ3n) is 4.16. The van der Waals surface area contributed by atoms with Crippen molar-refractivity contribution >= 4 is 23.8 Å². The maximum atomic E-state index is 4.55. The number of nitrogens with zero attached hydrogens (tertiary/aromatic N) is 4. The molecule has 1 aliphatic carbocycles. The molecular weight excluding hydrogens is 288 g/mol. The second kappa shape index (κ2) is 5.95. The van der Waals surface area contributed by atoms with Crippen molar-refractivity contribution in [2.75, 3.05) is 23.7 Å². The van der Waals surface area contributed by atoms with E-state index in [1.54, 1.807) is 0 Å². The van der Waals surface area contributed by atoms with Gasteiger partial charge >= 0.3 is 0 Å². The zero-order valence-corrected chi connectivity index (χ0v) is 13.2. The van der Waals surface area contributed by atoms with E-state index in [1.165, 1.54) is 24.0 Å². The van der Waals surface area contributed by atoms with Gasteiger partial charge in [0.1, 0.15) is 11.7 Å². The van der Waals surface area contributed by atoms with Gasteiger partial charge in [0.05, 0.1) is 6.54 Å². The molecule has 0 bridgehead atoms. The molecule has 0 atom stereocenters. The summed E-state index contributed by atoms with van der Waals surface area (Å²) in [7, 11) is 0. The summed E-state index contributed by atoms with van der Waals surface area (Å²) in [4.78, 5) is 17.6. The Labute approximate surface area is 135 Å². The number of amidine groups is 1. The molecule has 0 unspecified atom stereocenters. The first-order valence-electron chi connectivity index (χ1n) is 8.07. The van der Waals surface area contributed by atoms with Gasteiger partial charge in [0.2, 0.25) is 5.95 Å². The summed E-state index contributed by atoms with van der Waals surface area (Å²) >= 11 is 0. The Morgan fingerprint density at radius 2 is 2.17 bits per heavy atom. The molecule has 1 saturated carbocycles. The average Bonchev–Trinajstić information content (AvgIpc) is 3.06. The van der Waals surface area contributed by atoms with E-state index in [9.17, 15) is 0 Å². The van der Waals surface area contributed by atoms with Crippen LogP contribution in [0.1, 0.15) is 25.0 Å². The van der Waals surface area contributed by atoms with E-state index in [-0.39, 0.29) is 0 Å². The summed E-state index contributed by atoms with van der Waals surface area (Å²) in [6.45, 7) is 3.52. The van der Waals surface area contributed by atoms with E-state index >= 15 is 0 Å². The molecule has 23 heavy (non-hydrogen) atoms. The number of rotatable bonds is 5. The van der Waals surface area contributed by atoms with Gasteiger partial charge in [0, 0.05) is 37.1 Å². The van der Waals surface area contributed by atoms with E-state index in [0.717, 1.165) is 42.8 Å². The summed E-state index contributed by atoms with van der Waals surface area (Å²) in [5.74, 6) is 3.08. The highest BCUT2D eigenvalue weighted by molar-refractivity contribution is 6.05. The van der Waals surface area contributed by atoms with Crippen LogP contribution in [-0.2, 0) is 0 Å². The van der Waals surface area contributed by atoms with Crippen LogP contribution in [0.25, 0.3) is 0 Å². The fourth-order valence-electron chi connectivity index (χ4n) is 2.75. The molecule has 0 saturated heterocycles. The molecule has 0 spiro atoms. The molecular formula is C17H20N6. The summed E-state index contributed by atoms with van der Waals surface area (Å²) in [6.07, 6.45) is 9.49. The van der Waals surface area contributed by atoms with Gasteiger partial charge in [0.25, 0.3) is 0 Å². The number of hydrogen-bond donors (Lipinski definition) is 2. The van der Waals surface area contributed by atoms with Crippen molar-refractivity contribution in [1.82, 2.24) is 9.97 Å². The molecule has 1 aromatic heterocycles. The molecule has 4 rings (SSSR count). The third-order valence-corrected chi connectivity index (χ3v) is 4.16. The Balaban J connectivity index is 1.42. The van der Waals surface area contributed by atoms with Crippen LogP contribution in [0, 0.1) is 12.8 Å². The molecule has 3 aliphatic rings. The highest BCUT2D eigenvalue weighted by Crippen LogP contribution is 2.37. The van der Waals surface area contributed by atoms with Crippen LogP contribution in [0.15, 0.2) is 39.5 Å². The van der Waals surface area contributed by atoms with Crippen molar-refractivity contribution in [2.45, 2.75) is 26.2 Å². The third kappa shape index (κ3) is 3.47. The molecule has 1 aromatic rings. The lowest BCUT2D eigenvalue weighted by atomic mass is 10.2. The minimum Gasteiger partial charge on any atom is -0.350 e. The molecule has 0 aromatic carbocycles. The Bertz CT molecular complexity index is 739. The van der Waals surface area contributed by atoms with Crippen LogP contribution in [0.2, 0.25) is 0 Å². The standard InChI is InChI=1S/C17H20N6/c1-11-6-16(22-15-7-14(10-19-15)13-2-3-13)23-17(21-11)20-9-12-4-5-18-8-12/h5-8,13H,2-4,9-10H2,1H3,(H2,19,20,21,22,23). The molecule has 118 valence electrons. The Kier molecular flexibility index (Phi) is 3.65. The Morgan fingerprint density at radius 3 is 2.96 bits per heavy atom. The number of aliphatic imine (C=N–C) groups is 2. The first-order chi connectivity index (χ1) is 11.3. The second-order valence-electron chi connectivity index (χ2n) is 6.21. The molecule has 1 fully saturated rings. The molecule has 0 amide bonds. The van der Waals surface area contributed by atoms with Gasteiger partial charge in [-0.25, -0.2) is 4.98 Å².